The lowest BCUT2D eigenvalue weighted by molar-refractivity contribution is 0.101. The van der Waals surface area contributed by atoms with Crippen LogP contribution in [-0.4, -0.2) is 5.78 Å². The molecule has 1 aromatic heterocycles. The monoisotopic (exact) mass is 352 g/mol. The highest BCUT2D eigenvalue weighted by molar-refractivity contribution is 7.10. The van der Waals surface area contributed by atoms with E-state index >= 15 is 0 Å². The van der Waals surface area contributed by atoms with E-state index in [-0.39, 0.29) is 18.2 Å². The minimum Gasteiger partial charge on any atom is -0.489 e. The second kappa shape index (κ2) is 6.53. The maximum atomic E-state index is 13.6. The summed E-state index contributed by atoms with van der Waals surface area (Å²) >= 11 is 1.53. The van der Waals surface area contributed by atoms with Gasteiger partial charge in [-0.15, -0.1) is 11.3 Å². The van der Waals surface area contributed by atoms with Gasteiger partial charge in [-0.25, -0.2) is 4.39 Å². The van der Waals surface area contributed by atoms with Crippen molar-refractivity contribution in [2.45, 2.75) is 6.61 Å². The lowest BCUT2D eigenvalue weighted by Crippen LogP contribution is -1.98. The predicted molar refractivity (Wildman–Crippen MR) is 94.4 cm³/mol. The maximum Gasteiger partial charge on any atom is 0.232 e. The van der Waals surface area contributed by atoms with Crippen molar-refractivity contribution < 1.29 is 18.7 Å². The Labute approximate surface area is 148 Å². The summed E-state index contributed by atoms with van der Waals surface area (Å²) in [7, 11) is 0. The third-order valence-electron chi connectivity index (χ3n) is 3.81. The summed E-state index contributed by atoms with van der Waals surface area (Å²) in [5.74, 6) is 0.815. The highest BCUT2D eigenvalue weighted by Crippen LogP contribution is 2.35. The molecule has 0 saturated heterocycles. The normalized spacial score (nSPS) is 14.4. The second-order valence-corrected chi connectivity index (χ2v) is 6.47. The summed E-state index contributed by atoms with van der Waals surface area (Å²) in [6, 6.07) is 15.3. The van der Waals surface area contributed by atoms with Crippen LogP contribution in [0.4, 0.5) is 4.39 Å². The topological polar surface area (TPSA) is 35.5 Å². The van der Waals surface area contributed by atoms with E-state index < -0.39 is 0 Å². The van der Waals surface area contributed by atoms with Gasteiger partial charge in [-0.2, -0.15) is 0 Å². The molecule has 124 valence electrons. The first-order valence-electron chi connectivity index (χ1n) is 7.69. The zero-order valence-electron chi connectivity index (χ0n) is 13.1. The molecular weight excluding hydrogens is 339 g/mol. The Balaban J connectivity index is 1.52. The molecular formula is C20H13FO3S. The molecule has 3 aromatic rings. The van der Waals surface area contributed by atoms with Crippen LogP contribution in [0.25, 0.3) is 6.08 Å². The number of allylic oxidation sites excluding steroid dienone is 1. The molecule has 1 aliphatic rings. The molecule has 3 nitrogen and oxygen atoms in total. The van der Waals surface area contributed by atoms with E-state index in [4.69, 9.17) is 9.47 Å². The molecule has 2 aromatic carbocycles. The number of carbonyl (C=O) groups excluding carboxylic acids is 1. The maximum absolute atomic E-state index is 13.6. The molecule has 0 spiro atoms. The molecule has 25 heavy (non-hydrogen) atoms. The van der Waals surface area contributed by atoms with Gasteiger partial charge in [0.15, 0.2) is 5.76 Å². The third kappa shape index (κ3) is 3.19. The average molecular weight is 352 g/mol. The zero-order chi connectivity index (χ0) is 17.2. The van der Waals surface area contributed by atoms with Crippen molar-refractivity contribution in [3.63, 3.8) is 0 Å². The molecule has 0 bridgehead atoms. The van der Waals surface area contributed by atoms with E-state index in [1.54, 1.807) is 42.5 Å². The first-order chi connectivity index (χ1) is 12.2. The van der Waals surface area contributed by atoms with E-state index in [9.17, 15) is 9.18 Å². The fourth-order valence-corrected chi connectivity index (χ4v) is 3.18. The highest BCUT2D eigenvalue weighted by atomic mass is 32.1. The zero-order valence-corrected chi connectivity index (χ0v) is 13.9. The van der Waals surface area contributed by atoms with Crippen LogP contribution in [0, 0.1) is 5.82 Å². The number of hydrogen-bond donors (Lipinski definition) is 0. The van der Waals surface area contributed by atoms with Crippen LogP contribution in [0.1, 0.15) is 20.8 Å². The van der Waals surface area contributed by atoms with Gasteiger partial charge in [-0.3, -0.25) is 4.79 Å². The van der Waals surface area contributed by atoms with E-state index in [1.807, 2.05) is 17.5 Å². The fraction of sp³-hybridized carbons (Fsp3) is 0.0500. The van der Waals surface area contributed by atoms with Gasteiger partial charge in [-0.1, -0.05) is 24.3 Å². The molecule has 0 fully saturated rings. The van der Waals surface area contributed by atoms with Crippen molar-refractivity contribution in [1.82, 2.24) is 0 Å². The molecule has 0 radical (unpaired) electrons. The largest absolute Gasteiger partial charge is 0.489 e. The molecule has 2 heterocycles. The van der Waals surface area contributed by atoms with Gasteiger partial charge in [0.05, 0.1) is 5.56 Å². The lowest BCUT2D eigenvalue weighted by Gasteiger charge is -2.08. The van der Waals surface area contributed by atoms with Crippen LogP contribution in [-0.2, 0) is 6.61 Å². The summed E-state index contributed by atoms with van der Waals surface area (Å²) in [6.45, 7) is 0.108. The van der Waals surface area contributed by atoms with E-state index in [2.05, 4.69) is 0 Å². The van der Waals surface area contributed by atoms with Crippen LogP contribution in [0.2, 0.25) is 0 Å². The molecule has 0 atom stereocenters. The van der Waals surface area contributed by atoms with Crippen molar-refractivity contribution >= 4 is 23.2 Å². The number of benzene rings is 2. The summed E-state index contributed by atoms with van der Waals surface area (Å²) in [6.07, 6.45) is 1.73. The molecule has 4 rings (SSSR count). The number of ketones is 1. The number of thiophene rings is 1. The number of carbonyl (C=O) groups is 1. The van der Waals surface area contributed by atoms with Crippen LogP contribution < -0.4 is 9.47 Å². The summed E-state index contributed by atoms with van der Waals surface area (Å²) in [5.41, 5.74) is 0.972. The van der Waals surface area contributed by atoms with Crippen molar-refractivity contribution in [3.8, 4) is 11.5 Å². The Hall–Kier alpha value is -2.92. The summed E-state index contributed by atoms with van der Waals surface area (Å²) < 4.78 is 24.9. The van der Waals surface area contributed by atoms with Gasteiger partial charge in [0, 0.05) is 22.6 Å². The Morgan fingerprint density at radius 3 is 2.80 bits per heavy atom. The number of rotatable bonds is 4. The van der Waals surface area contributed by atoms with Crippen LogP contribution in [0.15, 0.2) is 65.7 Å². The van der Waals surface area contributed by atoms with Crippen molar-refractivity contribution in [3.05, 3.63) is 87.6 Å². The number of ether oxygens (including phenoxy) is 2. The average Bonchev–Trinajstić information content (AvgIpc) is 3.23. The standard InChI is InChI=1S/C20H13FO3S/c21-17-6-2-1-4-13(17)12-23-14-7-8-16-18(10-14)24-19(20(16)22)11-15-5-3-9-25-15/h1-11H,12H2. The Morgan fingerprint density at radius 2 is 2.00 bits per heavy atom. The smallest absolute Gasteiger partial charge is 0.232 e. The second-order valence-electron chi connectivity index (χ2n) is 5.49. The predicted octanol–water partition coefficient (Wildman–Crippen LogP) is 5.08. The van der Waals surface area contributed by atoms with Crippen molar-refractivity contribution in [2.24, 2.45) is 0 Å². The molecule has 0 N–H and O–H groups in total. The minimum atomic E-state index is -0.309. The molecule has 0 saturated carbocycles. The SMILES string of the molecule is O=C1C(=Cc2cccs2)Oc2cc(OCc3ccccc3F)ccc21. The van der Waals surface area contributed by atoms with E-state index in [0.29, 0.717) is 28.4 Å². The van der Waals surface area contributed by atoms with Gasteiger partial charge >= 0.3 is 0 Å². The van der Waals surface area contributed by atoms with Gasteiger partial charge in [0.25, 0.3) is 0 Å². The Bertz CT molecular complexity index is 961. The van der Waals surface area contributed by atoms with E-state index in [1.165, 1.54) is 17.4 Å². The Kier molecular flexibility index (Phi) is 4.07. The molecule has 0 amide bonds. The highest BCUT2D eigenvalue weighted by Gasteiger charge is 2.27. The Morgan fingerprint density at radius 1 is 1.12 bits per heavy atom. The third-order valence-corrected chi connectivity index (χ3v) is 4.63. The molecule has 0 aliphatic carbocycles. The quantitative estimate of drug-likeness (QED) is 0.614. The number of Topliss-reactive ketones (excluding diaryl/α,β-unsaturated/α-hetero) is 1. The summed E-state index contributed by atoms with van der Waals surface area (Å²) in [5, 5.41) is 1.94. The van der Waals surface area contributed by atoms with Gasteiger partial charge < -0.3 is 9.47 Å². The first kappa shape index (κ1) is 15.6. The fourth-order valence-electron chi connectivity index (χ4n) is 2.54. The number of fused-ring (bicyclic) bond motifs is 1. The molecule has 5 heteroatoms. The lowest BCUT2D eigenvalue weighted by atomic mass is 10.1. The van der Waals surface area contributed by atoms with Gasteiger partial charge in [0.1, 0.15) is 23.9 Å². The number of halogens is 1. The molecule has 1 aliphatic heterocycles. The minimum absolute atomic E-state index is 0.108. The van der Waals surface area contributed by atoms with Crippen molar-refractivity contribution in [1.29, 1.82) is 0 Å². The first-order valence-corrected chi connectivity index (χ1v) is 8.57. The van der Waals surface area contributed by atoms with Crippen LogP contribution in [0.5, 0.6) is 11.5 Å². The van der Waals surface area contributed by atoms with Gasteiger partial charge in [0.2, 0.25) is 5.78 Å². The van der Waals surface area contributed by atoms with Gasteiger partial charge in [-0.05, 0) is 29.6 Å². The van der Waals surface area contributed by atoms with Crippen molar-refractivity contribution in [2.75, 3.05) is 0 Å². The van der Waals surface area contributed by atoms with Crippen LogP contribution >= 0.6 is 11.3 Å². The summed E-state index contributed by atoms with van der Waals surface area (Å²) in [4.78, 5) is 13.3. The van der Waals surface area contributed by atoms with E-state index in [0.717, 1.165) is 4.88 Å². The number of hydrogen-bond acceptors (Lipinski definition) is 4. The molecule has 0 unspecified atom stereocenters. The van der Waals surface area contributed by atoms with Crippen LogP contribution in [0.3, 0.4) is 0 Å².